The van der Waals surface area contributed by atoms with Gasteiger partial charge >= 0.3 is 0 Å². The maximum Gasteiger partial charge on any atom is 0.0220 e. The van der Waals surface area contributed by atoms with Crippen molar-refractivity contribution in [1.82, 2.24) is 10.2 Å². The van der Waals surface area contributed by atoms with Gasteiger partial charge in [0.1, 0.15) is 0 Å². The Bertz CT molecular complexity index is 183. The highest BCUT2D eigenvalue weighted by Crippen LogP contribution is 2.31. The van der Waals surface area contributed by atoms with Crippen LogP contribution in [0.1, 0.15) is 46.0 Å². The van der Waals surface area contributed by atoms with E-state index in [2.05, 4.69) is 24.1 Å². The second-order valence-corrected chi connectivity index (χ2v) is 6.05. The molecule has 0 aromatic heterocycles. The first-order valence-corrected chi connectivity index (χ1v) is 6.62. The predicted octanol–water partition coefficient (Wildman–Crippen LogP) is 2.25. The Morgan fingerprint density at radius 1 is 1.13 bits per heavy atom. The molecule has 2 aliphatic heterocycles. The van der Waals surface area contributed by atoms with Gasteiger partial charge in [-0.3, -0.25) is 4.90 Å². The first-order chi connectivity index (χ1) is 7.17. The average molecular weight is 210 g/mol. The van der Waals surface area contributed by atoms with Crippen molar-refractivity contribution in [1.29, 1.82) is 0 Å². The highest BCUT2D eigenvalue weighted by atomic mass is 15.2. The molecule has 1 atom stereocenters. The third-order valence-corrected chi connectivity index (χ3v) is 4.19. The number of hydrogen-bond donors (Lipinski definition) is 1. The van der Waals surface area contributed by atoms with Crippen LogP contribution in [-0.4, -0.2) is 37.1 Å². The van der Waals surface area contributed by atoms with Crippen LogP contribution in [0.4, 0.5) is 0 Å². The summed E-state index contributed by atoms with van der Waals surface area (Å²) >= 11 is 0. The summed E-state index contributed by atoms with van der Waals surface area (Å²) in [4.78, 5) is 2.73. The van der Waals surface area contributed by atoms with Crippen molar-refractivity contribution in [2.45, 2.75) is 52.0 Å². The molecule has 0 amide bonds. The quantitative estimate of drug-likeness (QED) is 0.714. The maximum absolute atomic E-state index is 3.57. The lowest BCUT2D eigenvalue weighted by atomic mass is 9.82. The average Bonchev–Trinajstić information content (AvgIpc) is 2.46. The number of rotatable bonds is 1. The summed E-state index contributed by atoms with van der Waals surface area (Å²) in [7, 11) is 0. The van der Waals surface area contributed by atoms with E-state index in [1.54, 1.807) is 0 Å². The number of likely N-dealkylation sites (tertiary alicyclic amines) is 1. The van der Waals surface area contributed by atoms with Crippen LogP contribution >= 0.6 is 0 Å². The molecule has 15 heavy (non-hydrogen) atoms. The fourth-order valence-corrected chi connectivity index (χ4v) is 2.81. The lowest BCUT2D eigenvalue weighted by Crippen LogP contribution is -2.47. The fourth-order valence-electron chi connectivity index (χ4n) is 2.81. The highest BCUT2D eigenvalue weighted by Gasteiger charge is 2.29. The zero-order chi connectivity index (χ0) is 10.7. The summed E-state index contributed by atoms with van der Waals surface area (Å²) in [6.45, 7) is 9.92. The SMILES string of the molecule is CC1(C)CCN(C2CCCCNC2)CC1. The molecule has 1 unspecified atom stereocenters. The van der Waals surface area contributed by atoms with E-state index in [1.165, 1.54) is 58.3 Å². The van der Waals surface area contributed by atoms with Gasteiger partial charge in [0.2, 0.25) is 0 Å². The van der Waals surface area contributed by atoms with Gasteiger partial charge in [-0.1, -0.05) is 20.3 Å². The molecule has 2 nitrogen and oxygen atoms in total. The van der Waals surface area contributed by atoms with Crippen LogP contribution in [0.2, 0.25) is 0 Å². The molecule has 2 aliphatic rings. The summed E-state index contributed by atoms with van der Waals surface area (Å²) in [6.07, 6.45) is 6.95. The third-order valence-electron chi connectivity index (χ3n) is 4.19. The molecule has 0 aliphatic carbocycles. The third kappa shape index (κ3) is 3.18. The molecule has 0 aromatic carbocycles. The van der Waals surface area contributed by atoms with E-state index in [0.29, 0.717) is 5.41 Å². The zero-order valence-corrected chi connectivity index (χ0v) is 10.4. The van der Waals surface area contributed by atoms with Gasteiger partial charge in [-0.2, -0.15) is 0 Å². The van der Waals surface area contributed by atoms with Crippen LogP contribution in [0.25, 0.3) is 0 Å². The summed E-state index contributed by atoms with van der Waals surface area (Å²) in [5.74, 6) is 0. The van der Waals surface area contributed by atoms with Crippen molar-refractivity contribution >= 4 is 0 Å². The van der Waals surface area contributed by atoms with Gasteiger partial charge in [0.05, 0.1) is 0 Å². The highest BCUT2D eigenvalue weighted by molar-refractivity contribution is 4.84. The monoisotopic (exact) mass is 210 g/mol. The Labute approximate surface area is 94.4 Å². The van der Waals surface area contributed by atoms with Crippen molar-refractivity contribution in [3.63, 3.8) is 0 Å². The maximum atomic E-state index is 3.57. The van der Waals surface area contributed by atoms with E-state index in [-0.39, 0.29) is 0 Å². The smallest absolute Gasteiger partial charge is 0.0220 e. The van der Waals surface area contributed by atoms with Crippen LogP contribution in [0.5, 0.6) is 0 Å². The first-order valence-electron chi connectivity index (χ1n) is 6.62. The molecule has 0 bridgehead atoms. The van der Waals surface area contributed by atoms with E-state index < -0.39 is 0 Å². The Morgan fingerprint density at radius 3 is 2.60 bits per heavy atom. The number of piperidine rings is 1. The predicted molar refractivity (Wildman–Crippen MR) is 65.1 cm³/mol. The molecule has 2 heteroatoms. The number of hydrogen-bond acceptors (Lipinski definition) is 2. The molecule has 2 saturated heterocycles. The normalized spacial score (nSPS) is 33.6. The van der Waals surface area contributed by atoms with Crippen LogP contribution in [0, 0.1) is 5.41 Å². The number of nitrogens with one attached hydrogen (secondary N) is 1. The molecule has 2 fully saturated rings. The van der Waals surface area contributed by atoms with Gasteiger partial charge in [0, 0.05) is 12.6 Å². The standard InChI is InChI=1S/C13H26N2/c1-13(2)6-9-15(10-7-13)12-5-3-4-8-14-11-12/h12,14H,3-11H2,1-2H3. The van der Waals surface area contributed by atoms with Crippen molar-refractivity contribution in [2.24, 2.45) is 5.41 Å². The summed E-state index contributed by atoms with van der Waals surface area (Å²) in [5.41, 5.74) is 0.592. The Morgan fingerprint density at radius 2 is 1.87 bits per heavy atom. The minimum atomic E-state index is 0.592. The molecule has 88 valence electrons. The Kier molecular flexibility index (Phi) is 3.68. The van der Waals surface area contributed by atoms with E-state index in [0.717, 1.165) is 6.04 Å². The molecule has 1 N–H and O–H groups in total. The second-order valence-electron chi connectivity index (χ2n) is 6.05. The van der Waals surface area contributed by atoms with Gasteiger partial charge in [-0.15, -0.1) is 0 Å². The molecule has 0 spiro atoms. The lowest BCUT2D eigenvalue weighted by molar-refractivity contribution is 0.0911. The molecule has 2 heterocycles. The summed E-state index contributed by atoms with van der Waals surface area (Å²) in [5, 5.41) is 3.57. The minimum absolute atomic E-state index is 0.592. The second kappa shape index (κ2) is 4.84. The van der Waals surface area contributed by atoms with Gasteiger partial charge in [-0.25, -0.2) is 0 Å². The van der Waals surface area contributed by atoms with Crippen LogP contribution < -0.4 is 5.32 Å². The van der Waals surface area contributed by atoms with Crippen molar-refractivity contribution in [3.8, 4) is 0 Å². The Balaban J connectivity index is 1.83. The molecule has 0 aromatic rings. The number of nitrogens with zero attached hydrogens (tertiary/aromatic N) is 1. The fraction of sp³-hybridized carbons (Fsp3) is 1.00. The summed E-state index contributed by atoms with van der Waals surface area (Å²) in [6, 6.07) is 0.823. The molecule has 0 radical (unpaired) electrons. The van der Waals surface area contributed by atoms with E-state index in [1.807, 2.05) is 0 Å². The molecule has 0 saturated carbocycles. The van der Waals surface area contributed by atoms with Crippen molar-refractivity contribution in [2.75, 3.05) is 26.2 Å². The molecular weight excluding hydrogens is 184 g/mol. The van der Waals surface area contributed by atoms with Crippen LogP contribution in [-0.2, 0) is 0 Å². The van der Waals surface area contributed by atoms with Crippen LogP contribution in [0.15, 0.2) is 0 Å². The van der Waals surface area contributed by atoms with E-state index in [4.69, 9.17) is 0 Å². The first kappa shape index (κ1) is 11.4. The minimum Gasteiger partial charge on any atom is -0.315 e. The van der Waals surface area contributed by atoms with Crippen molar-refractivity contribution in [3.05, 3.63) is 0 Å². The van der Waals surface area contributed by atoms with Crippen molar-refractivity contribution < 1.29 is 0 Å². The van der Waals surface area contributed by atoms with Gasteiger partial charge in [0.15, 0.2) is 0 Å². The van der Waals surface area contributed by atoms with Gasteiger partial charge in [-0.05, 0) is 50.7 Å². The van der Waals surface area contributed by atoms with E-state index in [9.17, 15) is 0 Å². The van der Waals surface area contributed by atoms with E-state index >= 15 is 0 Å². The molecular formula is C13H26N2. The van der Waals surface area contributed by atoms with Gasteiger partial charge < -0.3 is 5.32 Å². The Hall–Kier alpha value is -0.0800. The summed E-state index contributed by atoms with van der Waals surface area (Å²) < 4.78 is 0. The lowest BCUT2D eigenvalue weighted by Gasteiger charge is -2.40. The largest absolute Gasteiger partial charge is 0.315 e. The van der Waals surface area contributed by atoms with Gasteiger partial charge in [0.25, 0.3) is 0 Å². The molecule has 2 rings (SSSR count). The zero-order valence-electron chi connectivity index (χ0n) is 10.4. The van der Waals surface area contributed by atoms with Crippen LogP contribution in [0.3, 0.4) is 0 Å². The topological polar surface area (TPSA) is 15.3 Å².